The van der Waals surface area contributed by atoms with Crippen LogP contribution in [0.1, 0.15) is 39.5 Å². The molecule has 0 radical (unpaired) electrons. The lowest BCUT2D eigenvalue weighted by molar-refractivity contribution is 0.224. The van der Waals surface area contributed by atoms with E-state index in [2.05, 4.69) is 13.8 Å². The molecule has 0 saturated heterocycles. The molecule has 0 bridgehead atoms. The van der Waals surface area contributed by atoms with Gasteiger partial charge in [-0.25, -0.2) is 12.8 Å². The number of hydrogen-bond acceptors (Lipinski definition) is 3. The summed E-state index contributed by atoms with van der Waals surface area (Å²) in [6, 6.07) is 3.43. The molecule has 0 N–H and O–H groups in total. The summed E-state index contributed by atoms with van der Waals surface area (Å²) in [6.07, 6.45) is 4.25. The maximum Gasteiger partial charge on any atom is 0.261 e. The molecule has 114 valence electrons. The third-order valence-electron chi connectivity index (χ3n) is 3.20. The number of rotatable bonds is 8. The SMILES string of the molecule is CCCCC(CC)COc1ccc(S(=O)(=O)Cl)cc1F. The van der Waals surface area contributed by atoms with Crippen LogP contribution in [0.3, 0.4) is 0 Å². The van der Waals surface area contributed by atoms with Gasteiger partial charge >= 0.3 is 0 Å². The van der Waals surface area contributed by atoms with Crippen LogP contribution >= 0.6 is 10.7 Å². The molecular weight excluding hydrogens is 303 g/mol. The molecule has 1 rings (SSSR count). The van der Waals surface area contributed by atoms with Crippen molar-refractivity contribution in [3.05, 3.63) is 24.0 Å². The van der Waals surface area contributed by atoms with Crippen molar-refractivity contribution in [1.29, 1.82) is 0 Å². The molecule has 0 aliphatic heterocycles. The van der Waals surface area contributed by atoms with Crippen LogP contribution in [0.5, 0.6) is 5.75 Å². The Morgan fingerprint density at radius 3 is 2.55 bits per heavy atom. The molecule has 0 aliphatic carbocycles. The first-order valence-corrected chi connectivity index (χ1v) is 9.06. The first kappa shape index (κ1) is 17.2. The minimum Gasteiger partial charge on any atom is -0.490 e. The highest BCUT2D eigenvalue weighted by Crippen LogP contribution is 2.24. The molecule has 0 fully saturated rings. The van der Waals surface area contributed by atoms with Crippen molar-refractivity contribution in [2.45, 2.75) is 44.4 Å². The third kappa shape index (κ3) is 5.29. The van der Waals surface area contributed by atoms with Crippen molar-refractivity contribution >= 4 is 19.7 Å². The van der Waals surface area contributed by atoms with Gasteiger partial charge in [-0.1, -0.05) is 33.1 Å². The maximum atomic E-state index is 13.7. The Bertz CT molecular complexity index is 531. The van der Waals surface area contributed by atoms with Gasteiger partial charge in [0.2, 0.25) is 0 Å². The van der Waals surface area contributed by atoms with Crippen LogP contribution in [0, 0.1) is 11.7 Å². The fourth-order valence-corrected chi connectivity index (χ4v) is 2.62. The quantitative estimate of drug-likeness (QED) is 0.668. The molecule has 0 aromatic heterocycles. The van der Waals surface area contributed by atoms with Gasteiger partial charge < -0.3 is 4.74 Å². The number of halogens is 2. The standard InChI is InChI=1S/C14H20ClFO3S/c1-3-5-6-11(4-2)10-19-14-8-7-12(9-13(14)16)20(15,17)18/h7-9,11H,3-6,10H2,1-2H3. The Labute approximate surface area is 124 Å². The Balaban J connectivity index is 2.69. The molecule has 0 heterocycles. The lowest BCUT2D eigenvalue weighted by atomic mass is 10.0. The number of ether oxygens (including phenoxy) is 1. The highest BCUT2D eigenvalue weighted by molar-refractivity contribution is 8.13. The van der Waals surface area contributed by atoms with E-state index in [0.29, 0.717) is 12.5 Å². The molecule has 0 amide bonds. The van der Waals surface area contributed by atoms with Gasteiger partial charge in [0, 0.05) is 10.7 Å². The summed E-state index contributed by atoms with van der Waals surface area (Å²) in [4.78, 5) is -0.262. The molecule has 1 aromatic rings. The molecule has 1 aromatic carbocycles. The Kier molecular flexibility index (Phi) is 6.76. The van der Waals surface area contributed by atoms with Crippen molar-refractivity contribution in [3.63, 3.8) is 0 Å². The smallest absolute Gasteiger partial charge is 0.261 e. The molecule has 1 atom stereocenters. The van der Waals surface area contributed by atoms with Gasteiger partial charge in [0.15, 0.2) is 11.6 Å². The van der Waals surface area contributed by atoms with E-state index in [1.54, 1.807) is 0 Å². The van der Waals surface area contributed by atoms with Gasteiger partial charge in [-0.15, -0.1) is 0 Å². The normalized spacial score (nSPS) is 13.2. The van der Waals surface area contributed by atoms with E-state index >= 15 is 0 Å². The lowest BCUT2D eigenvalue weighted by Crippen LogP contribution is -2.12. The third-order valence-corrected chi connectivity index (χ3v) is 4.55. The Hall–Kier alpha value is -0.810. The number of benzene rings is 1. The highest BCUT2D eigenvalue weighted by atomic mass is 35.7. The predicted octanol–water partition coefficient (Wildman–Crippen LogP) is 4.35. The highest BCUT2D eigenvalue weighted by Gasteiger charge is 2.15. The van der Waals surface area contributed by atoms with Crippen LogP contribution in [-0.2, 0) is 9.05 Å². The zero-order chi connectivity index (χ0) is 15.2. The monoisotopic (exact) mass is 322 g/mol. The van der Waals surface area contributed by atoms with Crippen LogP contribution in [0.2, 0.25) is 0 Å². The zero-order valence-corrected chi connectivity index (χ0v) is 13.3. The molecular formula is C14H20ClFO3S. The van der Waals surface area contributed by atoms with E-state index in [0.717, 1.165) is 31.7 Å². The summed E-state index contributed by atoms with van der Waals surface area (Å²) in [6.45, 7) is 4.63. The maximum absolute atomic E-state index is 13.7. The summed E-state index contributed by atoms with van der Waals surface area (Å²) >= 11 is 0. The first-order valence-electron chi connectivity index (χ1n) is 6.75. The fourth-order valence-electron chi connectivity index (χ4n) is 1.86. The van der Waals surface area contributed by atoms with Crippen LogP contribution in [0.4, 0.5) is 4.39 Å². The van der Waals surface area contributed by atoms with Gasteiger partial charge in [0.25, 0.3) is 9.05 Å². The van der Waals surface area contributed by atoms with E-state index < -0.39 is 14.9 Å². The average Bonchev–Trinajstić information content (AvgIpc) is 2.39. The number of unbranched alkanes of at least 4 members (excludes halogenated alkanes) is 1. The Morgan fingerprint density at radius 1 is 1.35 bits per heavy atom. The summed E-state index contributed by atoms with van der Waals surface area (Å²) in [5, 5.41) is 0. The van der Waals surface area contributed by atoms with Gasteiger partial charge in [0.1, 0.15) is 0 Å². The molecule has 6 heteroatoms. The van der Waals surface area contributed by atoms with Crippen molar-refractivity contribution < 1.29 is 17.5 Å². The summed E-state index contributed by atoms with van der Waals surface area (Å²) in [5.41, 5.74) is 0. The molecule has 0 saturated carbocycles. The van der Waals surface area contributed by atoms with Crippen molar-refractivity contribution in [1.82, 2.24) is 0 Å². The van der Waals surface area contributed by atoms with Crippen LogP contribution in [0.25, 0.3) is 0 Å². The van der Waals surface area contributed by atoms with Crippen molar-refractivity contribution in [2.75, 3.05) is 6.61 Å². The predicted molar refractivity (Wildman–Crippen MR) is 78.2 cm³/mol. The largest absolute Gasteiger partial charge is 0.490 e. The van der Waals surface area contributed by atoms with Crippen molar-refractivity contribution in [2.24, 2.45) is 5.92 Å². The Morgan fingerprint density at radius 2 is 2.05 bits per heavy atom. The zero-order valence-electron chi connectivity index (χ0n) is 11.7. The summed E-state index contributed by atoms with van der Waals surface area (Å²) in [5.74, 6) is -0.271. The van der Waals surface area contributed by atoms with E-state index in [-0.39, 0.29) is 10.6 Å². The molecule has 3 nitrogen and oxygen atoms in total. The van der Waals surface area contributed by atoms with Crippen molar-refractivity contribution in [3.8, 4) is 5.75 Å². The van der Waals surface area contributed by atoms with E-state index in [1.807, 2.05) is 0 Å². The summed E-state index contributed by atoms with van der Waals surface area (Å²) < 4.78 is 41.4. The van der Waals surface area contributed by atoms with Gasteiger partial charge in [-0.05, 0) is 30.5 Å². The van der Waals surface area contributed by atoms with Gasteiger partial charge in [0.05, 0.1) is 11.5 Å². The first-order chi connectivity index (χ1) is 9.38. The minimum atomic E-state index is -3.91. The lowest BCUT2D eigenvalue weighted by Gasteiger charge is -2.16. The number of hydrogen-bond donors (Lipinski definition) is 0. The van der Waals surface area contributed by atoms with Crippen LogP contribution in [-0.4, -0.2) is 15.0 Å². The van der Waals surface area contributed by atoms with E-state index in [4.69, 9.17) is 15.4 Å². The molecule has 20 heavy (non-hydrogen) atoms. The second-order valence-corrected chi connectivity index (χ2v) is 7.32. The second-order valence-electron chi connectivity index (χ2n) is 4.76. The van der Waals surface area contributed by atoms with E-state index in [1.165, 1.54) is 12.1 Å². The summed E-state index contributed by atoms with van der Waals surface area (Å²) in [7, 11) is 1.24. The van der Waals surface area contributed by atoms with Crippen LogP contribution in [0.15, 0.2) is 23.1 Å². The fraction of sp³-hybridized carbons (Fsp3) is 0.571. The molecule has 0 aliphatic rings. The van der Waals surface area contributed by atoms with Crippen LogP contribution < -0.4 is 4.74 Å². The minimum absolute atomic E-state index is 0.0593. The average molecular weight is 323 g/mol. The molecule has 0 spiro atoms. The second kappa shape index (κ2) is 7.84. The van der Waals surface area contributed by atoms with Gasteiger partial charge in [-0.2, -0.15) is 0 Å². The van der Waals surface area contributed by atoms with E-state index in [9.17, 15) is 12.8 Å². The topological polar surface area (TPSA) is 43.4 Å². The molecule has 1 unspecified atom stereocenters. The van der Waals surface area contributed by atoms with Gasteiger partial charge in [-0.3, -0.25) is 0 Å².